The summed E-state index contributed by atoms with van der Waals surface area (Å²) in [6.45, 7) is 0.531. The van der Waals surface area contributed by atoms with Crippen LogP contribution in [-0.2, 0) is 4.79 Å². The highest BCUT2D eigenvalue weighted by Gasteiger charge is 2.18. The van der Waals surface area contributed by atoms with Crippen molar-refractivity contribution in [3.8, 4) is 17.2 Å². The lowest BCUT2D eigenvalue weighted by Crippen LogP contribution is -2.21. The van der Waals surface area contributed by atoms with E-state index in [1.54, 1.807) is 18.2 Å². The van der Waals surface area contributed by atoms with E-state index in [2.05, 4.69) is 21.2 Å². The van der Waals surface area contributed by atoms with E-state index in [9.17, 15) is 14.9 Å². The standard InChI is InChI=1S/C16H13BrN2O6/c17-10-7-14-15(24-6-5-23-14)8-11(10)18-16(20)9-25-13-4-2-1-3-12(13)19(21)22/h1-4,7-8H,5-6,9H2,(H,18,20). The van der Waals surface area contributed by atoms with Gasteiger partial charge in [0.15, 0.2) is 23.9 Å². The van der Waals surface area contributed by atoms with E-state index in [-0.39, 0.29) is 18.0 Å². The maximum Gasteiger partial charge on any atom is 0.310 e. The number of nitrogens with zero attached hydrogens (tertiary/aromatic N) is 1. The molecule has 0 spiro atoms. The molecule has 0 saturated heterocycles. The molecule has 2 aromatic rings. The quantitative estimate of drug-likeness (QED) is 0.602. The van der Waals surface area contributed by atoms with Crippen molar-refractivity contribution in [2.45, 2.75) is 0 Å². The third kappa shape index (κ3) is 4.00. The first-order valence-electron chi connectivity index (χ1n) is 7.30. The average Bonchev–Trinajstić information content (AvgIpc) is 2.60. The summed E-state index contributed by atoms with van der Waals surface area (Å²) < 4.78 is 16.8. The van der Waals surface area contributed by atoms with Crippen LogP contribution in [0.15, 0.2) is 40.9 Å². The minimum atomic E-state index is -0.565. The molecule has 1 N–H and O–H groups in total. The monoisotopic (exact) mass is 408 g/mol. The largest absolute Gasteiger partial charge is 0.486 e. The van der Waals surface area contributed by atoms with E-state index in [0.717, 1.165) is 0 Å². The number of halogens is 1. The van der Waals surface area contributed by atoms with Gasteiger partial charge >= 0.3 is 5.69 Å². The van der Waals surface area contributed by atoms with Crippen molar-refractivity contribution < 1.29 is 23.9 Å². The second-order valence-corrected chi connectivity index (χ2v) is 5.89. The summed E-state index contributed by atoms with van der Waals surface area (Å²) in [4.78, 5) is 22.5. The molecular weight excluding hydrogens is 396 g/mol. The molecule has 9 heteroatoms. The molecule has 1 aliphatic rings. The fourth-order valence-corrected chi connectivity index (χ4v) is 2.64. The average molecular weight is 409 g/mol. The number of ether oxygens (including phenoxy) is 3. The summed E-state index contributed by atoms with van der Waals surface area (Å²) in [6, 6.07) is 9.21. The van der Waals surface area contributed by atoms with Gasteiger partial charge in [-0.3, -0.25) is 14.9 Å². The van der Waals surface area contributed by atoms with E-state index in [1.165, 1.54) is 18.2 Å². The SMILES string of the molecule is O=C(COc1ccccc1[N+](=O)[O-])Nc1cc2c(cc1Br)OCCO2. The molecule has 0 unspecified atom stereocenters. The van der Waals surface area contributed by atoms with Gasteiger partial charge in [-0.2, -0.15) is 0 Å². The minimum absolute atomic E-state index is 0.0314. The Morgan fingerprint density at radius 2 is 1.92 bits per heavy atom. The van der Waals surface area contributed by atoms with Crippen LogP contribution in [0.1, 0.15) is 0 Å². The molecule has 0 bridgehead atoms. The molecule has 0 fully saturated rings. The zero-order valence-electron chi connectivity index (χ0n) is 12.9. The van der Waals surface area contributed by atoms with Gasteiger partial charge in [0.2, 0.25) is 0 Å². The molecule has 0 aliphatic carbocycles. The Hall–Kier alpha value is -2.81. The highest BCUT2D eigenvalue weighted by molar-refractivity contribution is 9.10. The van der Waals surface area contributed by atoms with E-state index < -0.39 is 10.8 Å². The van der Waals surface area contributed by atoms with Crippen LogP contribution < -0.4 is 19.5 Å². The number of anilines is 1. The van der Waals surface area contributed by atoms with Crippen LogP contribution in [0, 0.1) is 10.1 Å². The highest BCUT2D eigenvalue weighted by atomic mass is 79.9. The molecule has 25 heavy (non-hydrogen) atoms. The first-order valence-corrected chi connectivity index (χ1v) is 8.09. The first kappa shape index (κ1) is 17.0. The number of amides is 1. The number of para-hydroxylation sites is 2. The zero-order valence-corrected chi connectivity index (χ0v) is 14.4. The Kier molecular flexibility index (Phi) is 5.03. The lowest BCUT2D eigenvalue weighted by atomic mass is 10.2. The molecule has 8 nitrogen and oxygen atoms in total. The maximum absolute atomic E-state index is 12.1. The van der Waals surface area contributed by atoms with Crippen LogP contribution in [-0.4, -0.2) is 30.7 Å². The minimum Gasteiger partial charge on any atom is -0.486 e. The summed E-state index contributed by atoms with van der Waals surface area (Å²) in [5.41, 5.74) is 0.288. The number of carbonyl (C=O) groups excluding carboxylic acids is 1. The molecule has 1 aliphatic heterocycles. The molecule has 2 aromatic carbocycles. The Bertz CT molecular complexity index is 826. The van der Waals surface area contributed by atoms with Crippen molar-refractivity contribution in [2.24, 2.45) is 0 Å². The van der Waals surface area contributed by atoms with Crippen LogP contribution in [0.25, 0.3) is 0 Å². The van der Waals surface area contributed by atoms with Gasteiger partial charge in [-0.05, 0) is 22.0 Å². The van der Waals surface area contributed by atoms with Crippen molar-refractivity contribution >= 4 is 33.2 Å². The third-order valence-electron chi connectivity index (χ3n) is 3.33. The number of nitro benzene ring substituents is 1. The van der Waals surface area contributed by atoms with Gasteiger partial charge in [-0.25, -0.2) is 0 Å². The lowest BCUT2D eigenvalue weighted by Gasteiger charge is -2.20. The number of benzene rings is 2. The summed E-state index contributed by atoms with van der Waals surface area (Å²) in [5.74, 6) is 0.691. The fraction of sp³-hybridized carbons (Fsp3) is 0.188. The second kappa shape index (κ2) is 7.39. The molecular formula is C16H13BrN2O6. The maximum atomic E-state index is 12.1. The summed E-state index contributed by atoms with van der Waals surface area (Å²) in [6.07, 6.45) is 0. The normalized spacial score (nSPS) is 12.4. The van der Waals surface area contributed by atoms with Gasteiger partial charge in [0.05, 0.1) is 10.6 Å². The Morgan fingerprint density at radius 1 is 1.24 bits per heavy atom. The molecule has 1 heterocycles. The van der Waals surface area contributed by atoms with Gasteiger partial charge in [0, 0.05) is 22.7 Å². The topological polar surface area (TPSA) is 99.9 Å². The number of fused-ring (bicyclic) bond motifs is 1. The molecule has 0 saturated carbocycles. The highest BCUT2D eigenvalue weighted by Crippen LogP contribution is 2.38. The lowest BCUT2D eigenvalue weighted by molar-refractivity contribution is -0.385. The van der Waals surface area contributed by atoms with Crippen molar-refractivity contribution in [3.63, 3.8) is 0 Å². The molecule has 0 atom stereocenters. The smallest absolute Gasteiger partial charge is 0.310 e. The second-order valence-electron chi connectivity index (χ2n) is 5.04. The van der Waals surface area contributed by atoms with Crippen LogP contribution in [0.5, 0.6) is 17.2 Å². The summed E-state index contributed by atoms with van der Waals surface area (Å²) in [7, 11) is 0. The zero-order chi connectivity index (χ0) is 17.8. The molecule has 0 aromatic heterocycles. The number of carbonyl (C=O) groups is 1. The third-order valence-corrected chi connectivity index (χ3v) is 3.98. The van der Waals surface area contributed by atoms with Crippen LogP contribution in [0.3, 0.4) is 0 Å². The summed E-state index contributed by atoms with van der Waals surface area (Å²) in [5, 5.41) is 13.6. The van der Waals surface area contributed by atoms with E-state index in [0.29, 0.717) is 34.9 Å². The van der Waals surface area contributed by atoms with Crippen molar-refractivity contribution in [2.75, 3.05) is 25.1 Å². The Labute approximate surface area is 151 Å². The van der Waals surface area contributed by atoms with E-state index in [1.807, 2.05) is 0 Å². The van der Waals surface area contributed by atoms with Gasteiger partial charge in [-0.1, -0.05) is 12.1 Å². The van der Waals surface area contributed by atoms with Gasteiger partial charge in [0.25, 0.3) is 5.91 Å². The van der Waals surface area contributed by atoms with Crippen LogP contribution >= 0.6 is 15.9 Å². The summed E-state index contributed by atoms with van der Waals surface area (Å²) >= 11 is 3.35. The van der Waals surface area contributed by atoms with Crippen LogP contribution in [0.2, 0.25) is 0 Å². The van der Waals surface area contributed by atoms with E-state index >= 15 is 0 Å². The molecule has 1 amide bonds. The van der Waals surface area contributed by atoms with Crippen molar-refractivity contribution in [1.29, 1.82) is 0 Å². The number of nitrogens with one attached hydrogen (secondary N) is 1. The Balaban J connectivity index is 1.66. The fourth-order valence-electron chi connectivity index (χ4n) is 2.22. The number of hydrogen-bond acceptors (Lipinski definition) is 6. The number of hydrogen-bond donors (Lipinski definition) is 1. The number of nitro groups is 1. The molecule has 130 valence electrons. The van der Waals surface area contributed by atoms with Crippen molar-refractivity contribution in [3.05, 3.63) is 51.0 Å². The van der Waals surface area contributed by atoms with Gasteiger partial charge in [-0.15, -0.1) is 0 Å². The Morgan fingerprint density at radius 3 is 2.64 bits per heavy atom. The molecule has 3 rings (SSSR count). The van der Waals surface area contributed by atoms with Crippen LogP contribution in [0.4, 0.5) is 11.4 Å². The first-order chi connectivity index (χ1) is 12.0. The van der Waals surface area contributed by atoms with Crippen molar-refractivity contribution in [1.82, 2.24) is 0 Å². The van der Waals surface area contributed by atoms with Gasteiger partial charge < -0.3 is 19.5 Å². The van der Waals surface area contributed by atoms with E-state index in [4.69, 9.17) is 14.2 Å². The van der Waals surface area contributed by atoms with Gasteiger partial charge in [0.1, 0.15) is 13.2 Å². The predicted molar refractivity (Wildman–Crippen MR) is 92.4 cm³/mol. The number of rotatable bonds is 5. The predicted octanol–water partition coefficient (Wildman–Crippen LogP) is 3.15. The molecule has 0 radical (unpaired) electrons.